The van der Waals surface area contributed by atoms with Crippen molar-refractivity contribution in [2.45, 2.75) is 19.9 Å². The summed E-state index contributed by atoms with van der Waals surface area (Å²) in [5.41, 5.74) is 4.07. The molecule has 0 saturated heterocycles. The highest BCUT2D eigenvalue weighted by Crippen LogP contribution is 2.33. The van der Waals surface area contributed by atoms with E-state index < -0.39 is 0 Å². The molecular weight excluding hydrogens is 388 g/mol. The summed E-state index contributed by atoms with van der Waals surface area (Å²) < 4.78 is 5.12. The Kier molecular flexibility index (Phi) is 4.81. The Balaban J connectivity index is 1.90. The molecule has 5 rings (SSSR count). The number of anilines is 2. The minimum Gasteiger partial charge on any atom is -0.339 e. The second-order valence-electron chi connectivity index (χ2n) is 7.28. The zero-order chi connectivity index (χ0) is 20.5. The van der Waals surface area contributed by atoms with E-state index in [0.29, 0.717) is 0 Å². The lowest BCUT2D eigenvalue weighted by Crippen LogP contribution is -2.08. The van der Waals surface area contributed by atoms with Crippen molar-refractivity contribution >= 4 is 40.4 Å². The molecule has 2 aromatic heterocycles. The maximum Gasteiger partial charge on any atom is 0.217 e. The van der Waals surface area contributed by atoms with Crippen LogP contribution in [-0.4, -0.2) is 14.0 Å². The highest BCUT2D eigenvalue weighted by atomic mass is 32.1. The van der Waals surface area contributed by atoms with Crippen LogP contribution >= 0.6 is 12.2 Å². The third kappa shape index (κ3) is 3.08. The van der Waals surface area contributed by atoms with Gasteiger partial charge in [0.05, 0.1) is 5.52 Å². The summed E-state index contributed by atoms with van der Waals surface area (Å²) in [5.74, 6) is 1.75. The van der Waals surface area contributed by atoms with E-state index in [1.807, 2.05) is 42.5 Å². The first-order valence-corrected chi connectivity index (χ1v) is 10.6. The molecule has 148 valence electrons. The Bertz CT molecular complexity index is 1390. The number of nitrogens with zero attached hydrogens (tertiary/aromatic N) is 3. The number of nitrogens with one attached hydrogen (secondary N) is 1. The Hall–Kier alpha value is -3.44. The molecule has 0 aliphatic carbocycles. The molecule has 1 N–H and O–H groups in total. The van der Waals surface area contributed by atoms with Gasteiger partial charge in [0.25, 0.3) is 0 Å². The van der Waals surface area contributed by atoms with E-state index in [-0.39, 0.29) is 0 Å². The topological polar surface area (TPSA) is 34.3 Å². The number of imidazole rings is 1. The molecule has 4 nitrogen and oxygen atoms in total. The second-order valence-corrected chi connectivity index (χ2v) is 7.66. The van der Waals surface area contributed by atoms with E-state index >= 15 is 0 Å². The van der Waals surface area contributed by atoms with Gasteiger partial charge in [-0.15, -0.1) is 0 Å². The summed E-state index contributed by atoms with van der Waals surface area (Å²) >= 11 is 5.98. The number of hydrogen-bond acceptors (Lipinski definition) is 3. The number of aromatic nitrogens is 3. The normalized spacial score (nSPS) is 11.2. The fraction of sp³-hybridized carbons (Fsp3) is 0.120. The molecule has 0 aliphatic heterocycles. The van der Waals surface area contributed by atoms with Crippen LogP contribution in [0.5, 0.6) is 0 Å². The number of aryl methyl sites for hydroxylation is 1. The first-order chi connectivity index (χ1) is 14.8. The predicted molar refractivity (Wildman–Crippen MR) is 127 cm³/mol. The van der Waals surface area contributed by atoms with Crippen LogP contribution in [0.4, 0.5) is 11.5 Å². The van der Waals surface area contributed by atoms with Gasteiger partial charge in [-0.25, -0.2) is 4.98 Å². The van der Waals surface area contributed by atoms with E-state index in [1.54, 1.807) is 0 Å². The number of fused-ring (bicyclic) bond motifs is 2. The Labute approximate surface area is 180 Å². The molecule has 0 fully saturated rings. The standard InChI is InChI=1S/C25H22N4S/c1-2-17-28-21-16-10-9-15-20(21)24(30)29-23(26-19-13-7-4-8-14-19)22(27-25(28)29)18-11-5-3-6-12-18/h3-16,26H,2,17H2,1H3. The van der Waals surface area contributed by atoms with Gasteiger partial charge in [0.15, 0.2) is 0 Å². The summed E-state index contributed by atoms with van der Waals surface area (Å²) in [6.45, 7) is 3.06. The maximum absolute atomic E-state index is 5.98. The maximum atomic E-state index is 5.98. The van der Waals surface area contributed by atoms with Gasteiger partial charge in [-0.2, -0.15) is 0 Å². The van der Waals surface area contributed by atoms with Crippen LogP contribution in [0, 0.1) is 4.64 Å². The van der Waals surface area contributed by atoms with Gasteiger partial charge < -0.3 is 9.88 Å². The van der Waals surface area contributed by atoms with Crippen molar-refractivity contribution in [3.8, 4) is 11.3 Å². The lowest BCUT2D eigenvalue weighted by molar-refractivity contribution is 0.700. The molecule has 0 radical (unpaired) electrons. The molecule has 0 spiro atoms. The van der Waals surface area contributed by atoms with Crippen molar-refractivity contribution in [3.63, 3.8) is 0 Å². The molecule has 0 saturated carbocycles. The highest BCUT2D eigenvalue weighted by Gasteiger charge is 2.19. The molecule has 2 heterocycles. The van der Waals surface area contributed by atoms with E-state index in [2.05, 4.69) is 63.7 Å². The second kappa shape index (κ2) is 7.76. The van der Waals surface area contributed by atoms with Crippen molar-refractivity contribution in [3.05, 3.63) is 89.6 Å². The Morgan fingerprint density at radius 1 is 0.867 bits per heavy atom. The van der Waals surface area contributed by atoms with E-state index in [0.717, 1.165) is 57.0 Å². The Morgan fingerprint density at radius 2 is 1.53 bits per heavy atom. The molecule has 0 bridgehead atoms. The van der Waals surface area contributed by atoms with Gasteiger partial charge >= 0.3 is 0 Å². The van der Waals surface area contributed by atoms with Crippen molar-refractivity contribution in [2.75, 3.05) is 5.32 Å². The summed E-state index contributed by atoms with van der Waals surface area (Å²) in [4.78, 5) is 5.11. The van der Waals surface area contributed by atoms with Crippen LogP contribution in [0.15, 0.2) is 84.9 Å². The summed E-state index contributed by atoms with van der Waals surface area (Å²) in [6, 6.07) is 28.8. The average Bonchev–Trinajstić information content (AvgIpc) is 3.17. The largest absolute Gasteiger partial charge is 0.339 e. The smallest absolute Gasteiger partial charge is 0.217 e. The van der Waals surface area contributed by atoms with Crippen LogP contribution in [0.2, 0.25) is 0 Å². The molecular formula is C25H22N4S. The fourth-order valence-electron chi connectivity index (χ4n) is 3.91. The van der Waals surface area contributed by atoms with E-state index in [4.69, 9.17) is 17.2 Å². The summed E-state index contributed by atoms with van der Waals surface area (Å²) in [5, 5.41) is 4.65. The third-order valence-electron chi connectivity index (χ3n) is 5.26. The molecule has 0 amide bonds. The predicted octanol–water partition coefficient (Wildman–Crippen LogP) is 6.84. The average molecular weight is 411 g/mol. The molecule has 5 aromatic rings. The SMILES string of the molecule is CCCn1c2ccccc2c(=S)n2c(Nc3ccccc3)c(-c3ccccc3)nc12. The van der Waals surface area contributed by atoms with Gasteiger partial charge in [0, 0.05) is 23.2 Å². The molecule has 0 atom stereocenters. The van der Waals surface area contributed by atoms with Gasteiger partial charge in [-0.1, -0.05) is 79.8 Å². The lowest BCUT2D eigenvalue weighted by Gasteiger charge is -2.14. The molecule has 0 unspecified atom stereocenters. The van der Waals surface area contributed by atoms with Crippen molar-refractivity contribution in [2.24, 2.45) is 0 Å². The van der Waals surface area contributed by atoms with Crippen molar-refractivity contribution < 1.29 is 0 Å². The minimum absolute atomic E-state index is 0.765. The van der Waals surface area contributed by atoms with Gasteiger partial charge in [0.2, 0.25) is 5.78 Å². The third-order valence-corrected chi connectivity index (χ3v) is 5.66. The lowest BCUT2D eigenvalue weighted by atomic mass is 10.1. The zero-order valence-corrected chi connectivity index (χ0v) is 17.6. The van der Waals surface area contributed by atoms with E-state index in [1.165, 1.54) is 0 Å². The molecule has 30 heavy (non-hydrogen) atoms. The first kappa shape index (κ1) is 18.6. The van der Waals surface area contributed by atoms with Crippen LogP contribution in [0.25, 0.3) is 27.9 Å². The van der Waals surface area contributed by atoms with Gasteiger partial charge in [-0.3, -0.25) is 4.40 Å². The monoisotopic (exact) mass is 410 g/mol. The summed E-state index contributed by atoms with van der Waals surface area (Å²) in [7, 11) is 0. The van der Waals surface area contributed by atoms with Gasteiger partial charge in [-0.05, 0) is 30.7 Å². The first-order valence-electron chi connectivity index (χ1n) is 10.2. The Morgan fingerprint density at radius 3 is 2.27 bits per heavy atom. The molecule has 3 aromatic carbocycles. The highest BCUT2D eigenvalue weighted by molar-refractivity contribution is 7.71. The number of benzene rings is 3. The van der Waals surface area contributed by atoms with Crippen LogP contribution in [-0.2, 0) is 6.54 Å². The van der Waals surface area contributed by atoms with Crippen molar-refractivity contribution in [1.29, 1.82) is 0 Å². The van der Waals surface area contributed by atoms with Crippen LogP contribution < -0.4 is 5.32 Å². The molecule has 0 aliphatic rings. The van der Waals surface area contributed by atoms with Gasteiger partial charge in [0.1, 0.15) is 16.2 Å². The number of rotatable bonds is 5. The fourth-order valence-corrected chi connectivity index (χ4v) is 4.26. The number of hydrogen-bond donors (Lipinski definition) is 1. The van der Waals surface area contributed by atoms with Crippen LogP contribution in [0.3, 0.4) is 0 Å². The zero-order valence-electron chi connectivity index (χ0n) is 16.7. The van der Waals surface area contributed by atoms with E-state index in [9.17, 15) is 0 Å². The summed E-state index contributed by atoms with van der Waals surface area (Å²) in [6.07, 6.45) is 1.01. The number of para-hydroxylation sites is 2. The minimum atomic E-state index is 0.765. The van der Waals surface area contributed by atoms with Crippen molar-refractivity contribution in [1.82, 2.24) is 14.0 Å². The van der Waals surface area contributed by atoms with Crippen LogP contribution in [0.1, 0.15) is 13.3 Å². The molecule has 5 heteroatoms. The quantitative estimate of drug-likeness (QED) is 0.322.